The van der Waals surface area contributed by atoms with Gasteiger partial charge in [0.25, 0.3) is 5.91 Å². The van der Waals surface area contributed by atoms with Crippen LogP contribution in [0.2, 0.25) is 5.15 Å². The molecule has 0 aliphatic heterocycles. The Morgan fingerprint density at radius 2 is 2.16 bits per heavy atom. The first-order valence-corrected chi connectivity index (χ1v) is 6.82. The first-order chi connectivity index (χ1) is 9.17. The van der Waals surface area contributed by atoms with Gasteiger partial charge in [0, 0.05) is 25.3 Å². The first-order valence-electron chi connectivity index (χ1n) is 6.44. The van der Waals surface area contributed by atoms with Gasteiger partial charge in [-0.2, -0.15) is 0 Å². The van der Waals surface area contributed by atoms with E-state index in [1.165, 1.54) is 0 Å². The fourth-order valence-corrected chi connectivity index (χ4v) is 1.66. The van der Waals surface area contributed by atoms with Gasteiger partial charge < -0.3 is 15.4 Å². The maximum atomic E-state index is 11.9. The van der Waals surface area contributed by atoms with Gasteiger partial charge in [0.1, 0.15) is 11.0 Å². The number of aromatic nitrogens is 1. The SMILES string of the molecule is CCCNc1cc(C(=O)NCCOCC)cc(Cl)n1. The molecule has 0 atom stereocenters. The summed E-state index contributed by atoms with van der Waals surface area (Å²) in [5.41, 5.74) is 0.495. The Labute approximate surface area is 118 Å². The second-order valence-electron chi connectivity index (χ2n) is 3.94. The molecule has 0 saturated carbocycles. The average molecular weight is 286 g/mol. The third-order valence-corrected chi connectivity index (χ3v) is 2.54. The maximum Gasteiger partial charge on any atom is 0.251 e. The van der Waals surface area contributed by atoms with Gasteiger partial charge in [-0.1, -0.05) is 18.5 Å². The zero-order valence-corrected chi connectivity index (χ0v) is 12.1. The lowest BCUT2D eigenvalue weighted by Crippen LogP contribution is -2.27. The second-order valence-corrected chi connectivity index (χ2v) is 4.33. The molecule has 5 nitrogen and oxygen atoms in total. The number of ether oxygens (including phenoxy) is 1. The summed E-state index contributed by atoms with van der Waals surface area (Å²) in [6, 6.07) is 3.24. The molecule has 1 aromatic rings. The van der Waals surface area contributed by atoms with Crippen molar-refractivity contribution in [2.24, 2.45) is 0 Å². The molecule has 106 valence electrons. The second kappa shape index (κ2) is 8.72. The third-order valence-electron chi connectivity index (χ3n) is 2.35. The molecule has 0 aliphatic rings. The van der Waals surface area contributed by atoms with Crippen molar-refractivity contribution in [3.8, 4) is 0 Å². The van der Waals surface area contributed by atoms with Gasteiger partial charge in [0.2, 0.25) is 0 Å². The van der Waals surface area contributed by atoms with Crippen LogP contribution in [-0.2, 0) is 4.74 Å². The largest absolute Gasteiger partial charge is 0.380 e. The van der Waals surface area contributed by atoms with Gasteiger partial charge in [-0.05, 0) is 25.5 Å². The summed E-state index contributed by atoms with van der Waals surface area (Å²) >= 11 is 5.90. The highest BCUT2D eigenvalue weighted by molar-refractivity contribution is 6.29. The van der Waals surface area contributed by atoms with E-state index in [1.54, 1.807) is 12.1 Å². The molecular weight excluding hydrogens is 266 g/mol. The van der Waals surface area contributed by atoms with Crippen molar-refractivity contribution < 1.29 is 9.53 Å². The molecule has 0 aliphatic carbocycles. The fraction of sp³-hybridized carbons (Fsp3) is 0.538. The minimum Gasteiger partial charge on any atom is -0.380 e. The summed E-state index contributed by atoms with van der Waals surface area (Å²) in [7, 11) is 0. The van der Waals surface area contributed by atoms with Gasteiger partial charge in [0.15, 0.2) is 0 Å². The van der Waals surface area contributed by atoms with Crippen molar-refractivity contribution in [1.82, 2.24) is 10.3 Å². The third kappa shape index (κ3) is 5.89. The molecule has 1 amide bonds. The van der Waals surface area contributed by atoms with Gasteiger partial charge in [0.05, 0.1) is 6.61 Å². The number of amides is 1. The minimum atomic E-state index is -0.177. The molecule has 1 rings (SSSR count). The van der Waals surface area contributed by atoms with Crippen molar-refractivity contribution in [3.05, 3.63) is 22.8 Å². The summed E-state index contributed by atoms with van der Waals surface area (Å²) in [5.74, 6) is 0.438. The predicted molar refractivity (Wildman–Crippen MR) is 76.9 cm³/mol. The van der Waals surface area contributed by atoms with E-state index in [0.717, 1.165) is 13.0 Å². The highest BCUT2D eigenvalue weighted by Gasteiger charge is 2.08. The van der Waals surface area contributed by atoms with Crippen LogP contribution < -0.4 is 10.6 Å². The van der Waals surface area contributed by atoms with E-state index >= 15 is 0 Å². The number of pyridine rings is 1. The summed E-state index contributed by atoms with van der Waals surface area (Å²) < 4.78 is 5.15. The Kier molecular flexibility index (Phi) is 7.22. The molecule has 0 aromatic carbocycles. The monoisotopic (exact) mass is 285 g/mol. The van der Waals surface area contributed by atoms with Crippen molar-refractivity contribution in [2.75, 3.05) is 31.6 Å². The number of hydrogen-bond acceptors (Lipinski definition) is 4. The van der Waals surface area contributed by atoms with Crippen molar-refractivity contribution >= 4 is 23.3 Å². The van der Waals surface area contributed by atoms with Crippen LogP contribution in [0.15, 0.2) is 12.1 Å². The Hall–Kier alpha value is -1.33. The maximum absolute atomic E-state index is 11.9. The zero-order valence-electron chi connectivity index (χ0n) is 11.3. The standard InChI is InChI=1S/C13H20ClN3O2/c1-3-5-15-12-9-10(8-11(14)17-12)13(18)16-6-7-19-4-2/h8-9H,3-7H2,1-2H3,(H,15,17)(H,16,18). The molecule has 0 spiro atoms. The zero-order chi connectivity index (χ0) is 14.1. The fourth-order valence-electron chi connectivity index (χ4n) is 1.45. The van der Waals surface area contributed by atoms with Gasteiger partial charge in [-0.3, -0.25) is 4.79 Å². The van der Waals surface area contributed by atoms with Crippen LogP contribution in [0.1, 0.15) is 30.6 Å². The molecule has 0 saturated heterocycles. The van der Waals surface area contributed by atoms with Gasteiger partial charge >= 0.3 is 0 Å². The van der Waals surface area contributed by atoms with Crippen LogP contribution in [0, 0.1) is 0 Å². The molecule has 0 radical (unpaired) electrons. The van der Waals surface area contributed by atoms with E-state index in [-0.39, 0.29) is 5.91 Å². The summed E-state index contributed by atoms with van der Waals surface area (Å²) in [4.78, 5) is 16.0. The Morgan fingerprint density at radius 1 is 1.37 bits per heavy atom. The number of nitrogens with one attached hydrogen (secondary N) is 2. The highest BCUT2D eigenvalue weighted by Crippen LogP contribution is 2.14. The molecule has 19 heavy (non-hydrogen) atoms. The average Bonchev–Trinajstić information content (AvgIpc) is 2.40. The Balaban J connectivity index is 2.60. The molecule has 1 aromatic heterocycles. The molecule has 6 heteroatoms. The normalized spacial score (nSPS) is 10.3. The van der Waals surface area contributed by atoms with E-state index in [0.29, 0.717) is 36.3 Å². The number of carbonyl (C=O) groups excluding carboxylic acids is 1. The van der Waals surface area contributed by atoms with Gasteiger partial charge in [-0.15, -0.1) is 0 Å². The van der Waals surface area contributed by atoms with Crippen molar-refractivity contribution in [1.29, 1.82) is 0 Å². The predicted octanol–water partition coefficient (Wildman–Crippen LogP) is 2.32. The van der Waals surface area contributed by atoms with Crippen LogP contribution in [0.25, 0.3) is 0 Å². The van der Waals surface area contributed by atoms with Crippen molar-refractivity contribution in [3.63, 3.8) is 0 Å². The van der Waals surface area contributed by atoms with E-state index in [9.17, 15) is 4.79 Å². The van der Waals surface area contributed by atoms with E-state index in [2.05, 4.69) is 22.5 Å². The molecule has 0 unspecified atom stereocenters. The Morgan fingerprint density at radius 3 is 2.84 bits per heavy atom. The van der Waals surface area contributed by atoms with Crippen LogP contribution in [-0.4, -0.2) is 37.2 Å². The topological polar surface area (TPSA) is 63.2 Å². The minimum absolute atomic E-state index is 0.177. The summed E-state index contributed by atoms with van der Waals surface area (Å²) in [6.07, 6.45) is 0.976. The number of nitrogens with zero attached hydrogens (tertiary/aromatic N) is 1. The van der Waals surface area contributed by atoms with Gasteiger partial charge in [-0.25, -0.2) is 4.98 Å². The Bertz CT molecular complexity index is 413. The van der Waals surface area contributed by atoms with Crippen LogP contribution in [0.3, 0.4) is 0 Å². The molecule has 1 heterocycles. The van der Waals surface area contributed by atoms with Crippen LogP contribution >= 0.6 is 11.6 Å². The van der Waals surface area contributed by atoms with Crippen LogP contribution in [0.5, 0.6) is 0 Å². The quantitative estimate of drug-likeness (QED) is 0.568. The van der Waals surface area contributed by atoms with Crippen LogP contribution in [0.4, 0.5) is 5.82 Å². The summed E-state index contributed by atoms with van der Waals surface area (Å²) in [6.45, 7) is 6.38. The summed E-state index contributed by atoms with van der Waals surface area (Å²) in [5, 5.41) is 6.17. The molecule has 0 bridgehead atoms. The lowest BCUT2D eigenvalue weighted by Gasteiger charge is -2.08. The smallest absolute Gasteiger partial charge is 0.251 e. The number of anilines is 1. The first kappa shape index (κ1) is 15.7. The lowest BCUT2D eigenvalue weighted by atomic mass is 10.2. The van der Waals surface area contributed by atoms with E-state index in [1.807, 2.05) is 6.92 Å². The molecule has 0 fully saturated rings. The van der Waals surface area contributed by atoms with E-state index < -0.39 is 0 Å². The number of carbonyl (C=O) groups is 1. The number of hydrogen-bond donors (Lipinski definition) is 2. The number of halogens is 1. The van der Waals surface area contributed by atoms with E-state index in [4.69, 9.17) is 16.3 Å². The molecular formula is C13H20ClN3O2. The molecule has 2 N–H and O–H groups in total. The lowest BCUT2D eigenvalue weighted by molar-refractivity contribution is 0.0922. The highest BCUT2D eigenvalue weighted by atomic mass is 35.5. The van der Waals surface area contributed by atoms with Crippen molar-refractivity contribution in [2.45, 2.75) is 20.3 Å². The number of rotatable bonds is 8.